The second kappa shape index (κ2) is 6.17. The van der Waals surface area contributed by atoms with Gasteiger partial charge in [-0.1, -0.05) is 44.2 Å². The van der Waals surface area contributed by atoms with Crippen molar-refractivity contribution < 1.29 is 0 Å². The van der Waals surface area contributed by atoms with Crippen molar-refractivity contribution in [2.75, 3.05) is 0 Å². The molecule has 2 saturated carbocycles. The van der Waals surface area contributed by atoms with Gasteiger partial charge >= 0.3 is 0 Å². The smallest absolute Gasteiger partial charge is 0.0426 e. The molecule has 20 heavy (non-hydrogen) atoms. The van der Waals surface area contributed by atoms with Crippen LogP contribution in [0.4, 0.5) is 0 Å². The Morgan fingerprint density at radius 1 is 0.950 bits per heavy atom. The van der Waals surface area contributed by atoms with Gasteiger partial charge in [-0.2, -0.15) is 0 Å². The van der Waals surface area contributed by atoms with Gasteiger partial charge in [0.25, 0.3) is 0 Å². The van der Waals surface area contributed by atoms with Crippen LogP contribution >= 0.6 is 0 Å². The van der Waals surface area contributed by atoms with Gasteiger partial charge in [0, 0.05) is 11.4 Å². The molecule has 2 aliphatic carbocycles. The first-order chi connectivity index (χ1) is 9.68. The van der Waals surface area contributed by atoms with Crippen LogP contribution in [0.3, 0.4) is 0 Å². The molecular formula is C18H26N2. The van der Waals surface area contributed by atoms with Gasteiger partial charge in [0.05, 0.1) is 0 Å². The molecule has 0 amide bonds. The fraction of sp³-hybridized carbons (Fsp3) is 0.444. The second-order valence-electron chi connectivity index (χ2n) is 5.50. The van der Waals surface area contributed by atoms with Crippen molar-refractivity contribution in [2.24, 2.45) is 23.3 Å². The van der Waals surface area contributed by atoms with Gasteiger partial charge in [0.15, 0.2) is 0 Å². The third-order valence-electron chi connectivity index (χ3n) is 4.34. The molecule has 2 bridgehead atoms. The highest BCUT2D eigenvalue weighted by Crippen LogP contribution is 2.53. The molecule has 0 saturated heterocycles. The van der Waals surface area contributed by atoms with Crippen LogP contribution in [0.2, 0.25) is 0 Å². The number of allylic oxidation sites excluding steroid dienone is 3. The van der Waals surface area contributed by atoms with Gasteiger partial charge in [0.1, 0.15) is 0 Å². The molecule has 0 aromatic heterocycles. The molecule has 3 rings (SSSR count). The highest BCUT2D eigenvalue weighted by molar-refractivity contribution is 5.72. The molecule has 0 radical (unpaired) electrons. The maximum absolute atomic E-state index is 6.40. The lowest BCUT2D eigenvalue weighted by Gasteiger charge is -2.21. The van der Waals surface area contributed by atoms with Gasteiger partial charge in [0.2, 0.25) is 0 Å². The quantitative estimate of drug-likeness (QED) is 0.809. The summed E-state index contributed by atoms with van der Waals surface area (Å²) in [5, 5.41) is 0. The summed E-state index contributed by atoms with van der Waals surface area (Å²) in [7, 11) is 0. The fourth-order valence-corrected chi connectivity index (χ4v) is 3.62. The minimum atomic E-state index is 0.628. The van der Waals surface area contributed by atoms with Gasteiger partial charge < -0.3 is 11.5 Å². The second-order valence-corrected chi connectivity index (χ2v) is 5.50. The minimum absolute atomic E-state index is 0.628. The van der Waals surface area contributed by atoms with E-state index < -0.39 is 0 Å². The Morgan fingerprint density at radius 3 is 2.05 bits per heavy atom. The molecule has 0 heterocycles. The lowest BCUT2D eigenvalue weighted by atomic mass is 9.86. The molecule has 2 unspecified atom stereocenters. The summed E-state index contributed by atoms with van der Waals surface area (Å²) in [6.07, 6.45) is 3.79. The number of rotatable bonds is 1. The van der Waals surface area contributed by atoms with Crippen molar-refractivity contribution in [3.8, 4) is 0 Å². The SMILES string of the molecule is C/C(N)=C1/C(=C(\N)c2ccccc2)C2CCC1C2.CC. The first kappa shape index (κ1) is 14.7. The molecule has 2 fully saturated rings. The van der Waals surface area contributed by atoms with Crippen LogP contribution in [-0.4, -0.2) is 0 Å². The van der Waals surface area contributed by atoms with Crippen molar-refractivity contribution in [3.05, 3.63) is 52.7 Å². The first-order valence-electron chi connectivity index (χ1n) is 7.70. The standard InChI is InChI=1S/C16H20N2.C2H6/c1-10(17)14-12-7-8-13(9-12)15(14)16(18)11-5-3-2-4-6-11;1-2/h2-6,12-13H,7-9,17-18H2,1H3;1-2H3/b14-10-,16-15-;. The van der Waals surface area contributed by atoms with E-state index in [9.17, 15) is 0 Å². The van der Waals surface area contributed by atoms with Crippen molar-refractivity contribution in [1.82, 2.24) is 0 Å². The van der Waals surface area contributed by atoms with Crippen LogP contribution in [0.5, 0.6) is 0 Å². The third kappa shape index (κ3) is 2.47. The zero-order valence-electron chi connectivity index (χ0n) is 12.8. The van der Waals surface area contributed by atoms with Crippen LogP contribution in [-0.2, 0) is 0 Å². The molecule has 0 spiro atoms. The molecule has 4 N–H and O–H groups in total. The highest BCUT2D eigenvalue weighted by atomic mass is 14.6. The van der Waals surface area contributed by atoms with Crippen LogP contribution in [0.1, 0.15) is 45.6 Å². The molecule has 0 aliphatic heterocycles. The van der Waals surface area contributed by atoms with Crippen LogP contribution < -0.4 is 11.5 Å². The summed E-state index contributed by atoms with van der Waals surface area (Å²) in [6.45, 7) is 6.01. The van der Waals surface area contributed by atoms with Gasteiger partial charge in [-0.3, -0.25) is 0 Å². The summed E-state index contributed by atoms with van der Waals surface area (Å²) >= 11 is 0. The Labute approximate surface area is 122 Å². The minimum Gasteiger partial charge on any atom is -0.402 e. The van der Waals surface area contributed by atoms with E-state index in [1.165, 1.54) is 30.4 Å². The third-order valence-corrected chi connectivity index (χ3v) is 4.34. The lowest BCUT2D eigenvalue weighted by molar-refractivity contribution is 0.648. The van der Waals surface area contributed by atoms with Gasteiger partial charge in [-0.15, -0.1) is 0 Å². The Bertz CT molecular complexity index is 522. The summed E-state index contributed by atoms with van der Waals surface area (Å²) in [4.78, 5) is 0. The number of fused-ring (bicyclic) bond motifs is 2. The van der Waals surface area contributed by atoms with E-state index in [2.05, 4.69) is 12.1 Å². The van der Waals surface area contributed by atoms with E-state index in [1.807, 2.05) is 39.0 Å². The Kier molecular flexibility index (Phi) is 4.53. The highest BCUT2D eigenvalue weighted by Gasteiger charge is 2.41. The van der Waals surface area contributed by atoms with E-state index in [0.717, 1.165) is 17.0 Å². The Balaban J connectivity index is 0.000000704. The maximum atomic E-state index is 6.40. The van der Waals surface area contributed by atoms with Crippen molar-refractivity contribution in [3.63, 3.8) is 0 Å². The van der Waals surface area contributed by atoms with Gasteiger partial charge in [-0.05, 0) is 54.7 Å². The van der Waals surface area contributed by atoms with E-state index in [4.69, 9.17) is 11.5 Å². The molecule has 1 aromatic rings. The maximum Gasteiger partial charge on any atom is 0.0426 e. The van der Waals surface area contributed by atoms with Crippen molar-refractivity contribution in [2.45, 2.75) is 40.0 Å². The number of nitrogens with two attached hydrogens (primary N) is 2. The van der Waals surface area contributed by atoms with E-state index in [1.54, 1.807) is 0 Å². The first-order valence-corrected chi connectivity index (χ1v) is 7.70. The summed E-state index contributed by atoms with van der Waals surface area (Å²) in [5.74, 6) is 1.28. The van der Waals surface area contributed by atoms with Crippen LogP contribution in [0, 0.1) is 11.8 Å². The Morgan fingerprint density at radius 2 is 1.50 bits per heavy atom. The average Bonchev–Trinajstić information content (AvgIpc) is 3.10. The molecule has 2 nitrogen and oxygen atoms in total. The monoisotopic (exact) mass is 270 g/mol. The summed E-state index contributed by atoms with van der Waals surface area (Å²) < 4.78 is 0. The number of hydrogen-bond acceptors (Lipinski definition) is 2. The normalized spacial score (nSPS) is 28.8. The Hall–Kier alpha value is -1.70. The van der Waals surface area contributed by atoms with E-state index in [-0.39, 0.29) is 0 Å². The molecular weight excluding hydrogens is 244 g/mol. The topological polar surface area (TPSA) is 52.0 Å². The average molecular weight is 270 g/mol. The summed E-state index contributed by atoms with van der Waals surface area (Å²) in [5.41, 5.74) is 18.2. The number of hydrogen-bond donors (Lipinski definition) is 2. The predicted octanol–water partition coefficient (Wildman–Crippen LogP) is 4.05. The van der Waals surface area contributed by atoms with E-state index in [0.29, 0.717) is 11.8 Å². The molecule has 2 atom stereocenters. The number of benzene rings is 1. The van der Waals surface area contributed by atoms with Gasteiger partial charge in [-0.25, -0.2) is 0 Å². The largest absolute Gasteiger partial charge is 0.402 e. The molecule has 2 heteroatoms. The predicted molar refractivity (Wildman–Crippen MR) is 86.6 cm³/mol. The molecule has 2 aliphatic rings. The zero-order valence-corrected chi connectivity index (χ0v) is 12.8. The zero-order chi connectivity index (χ0) is 14.7. The summed E-state index contributed by atoms with van der Waals surface area (Å²) in [6, 6.07) is 10.3. The van der Waals surface area contributed by atoms with Crippen LogP contribution in [0.15, 0.2) is 47.2 Å². The molecule has 1 aromatic carbocycles. The lowest BCUT2D eigenvalue weighted by Crippen LogP contribution is -2.13. The van der Waals surface area contributed by atoms with E-state index >= 15 is 0 Å². The van der Waals surface area contributed by atoms with Crippen LogP contribution in [0.25, 0.3) is 5.70 Å². The molecule has 108 valence electrons. The van der Waals surface area contributed by atoms with Crippen molar-refractivity contribution >= 4 is 5.70 Å². The van der Waals surface area contributed by atoms with Crippen molar-refractivity contribution in [1.29, 1.82) is 0 Å². The fourth-order valence-electron chi connectivity index (χ4n) is 3.62.